The normalized spacial score (nSPS) is 7.44. The van der Waals surface area contributed by atoms with Gasteiger partial charge in [-0.3, -0.25) is 0 Å². The van der Waals surface area contributed by atoms with Crippen molar-refractivity contribution in [3.05, 3.63) is 12.2 Å². The van der Waals surface area contributed by atoms with Gasteiger partial charge in [0.2, 0.25) is 0 Å². The first-order valence-corrected chi connectivity index (χ1v) is 5.56. The van der Waals surface area contributed by atoms with Crippen molar-refractivity contribution in [1.82, 2.24) is 0 Å². The minimum atomic E-state index is 0. The standard InChI is InChI=1S/C12H24.6CH4/c1-3-5-7-9-11-12-10-8-6-4-2;;;;;;/h11-12H,3-10H2,1-2H3;6*1H4/b12-11+;;;;;;. The molecule has 0 aliphatic carbocycles. The van der Waals surface area contributed by atoms with Crippen molar-refractivity contribution in [1.29, 1.82) is 0 Å². The van der Waals surface area contributed by atoms with Crippen molar-refractivity contribution in [2.45, 2.75) is 110 Å². The molecule has 0 N–H and O–H groups in total. The molecular formula is C18H48. The van der Waals surface area contributed by atoms with Crippen LogP contribution in [0.2, 0.25) is 0 Å². The Morgan fingerprint density at radius 2 is 0.778 bits per heavy atom. The third-order valence-corrected chi connectivity index (χ3v) is 2.12. The van der Waals surface area contributed by atoms with E-state index in [9.17, 15) is 0 Å². The van der Waals surface area contributed by atoms with E-state index in [4.69, 9.17) is 0 Å². The van der Waals surface area contributed by atoms with E-state index >= 15 is 0 Å². The van der Waals surface area contributed by atoms with Crippen molar-refractivity contribution < 1.29 is 0 Å². The minimum Gasteiger partial charge on any atom is -0.0885 e. The Morgan fingerprint density at radius 1 is 0.500 bits per heavy atom. The molecule has 0 unspecified atom stereocenters. The van der Waals surface area contributed by atoms with Crippen LogP contribution in [0, 0.1) is 0 Å². The molecule has 0 atom stereocenters. The van der Waals surface area contributed by atoms with Crippen molar-refractivity contribution >= 4 is 0 Å². The largest absolute Gasteiger partial charge is 0.0885 e. The van der Waals surface area contributed by atoms with Gasteiger partial charge in [0.05, 0.1) is 0 Å². The highest BCUT2D eigenvalue weighted by molar-refractivity contribution is 4.81. The zero-order valence-corrected chi connectivity index (χ0v) is 8.81. The number of rotatable bonds is 8. The van der Waals surface area contributed by atoms with Crippen molar-refractivity contribution in [2.75, 3.05) is 0 Å². The SMILES string of the molecule is C.C.C.C.C.C.CCCCC/C=C/CCCCC. The monoisotopic (exact) mass is 264 g/mol. The van der Waals surface area contributed by atoms with Gasteiger partial charge in [0.25, 0.3) is 0 Å². The van der Waals surface area contributed by atoms with Gasteiger partial charge in [0, 0.05) is 0 Å². The third-order valence-electron chi connectivity index (χ3n) is 2.12. The lowest BCUT2D eigenvalue weighted by Crippen LogP contribution is -1.73. The molecule has 0 nitrogen and oxygen atoms in total. The molecule has 0 rings (SSSR count). The topological polar surface area (TPSA) is 0 Å². The lowest BCUT2D eigenvalue weighted by molar-refractivity contribution is 0.715. The quantitative estimate of drug-likeness (QED) is 0.304. The van der Waals surface area contributed by atoms with E-state index < -0.39 is 0 Å². The fraction of sp³-hybridized carbons (Fsp3) is 0.889. The highest BCUT2D eigenvalue weighted by atomic mass is 13.9. The van der Waals surface area contributed by atoms with Crippen LogP contribution in [0.5, 0.6) is 0 Å². The van der Waals surface area contributed by atoms with Gasteiger partial charge in [-0.1, -0.05) is 96.2 Å². The van der Waals surface area contributed by atoms with Gasteiger partial charge < -0.3 is 0 Å². The molecule has 0 aliphatic heterocycles. The summed E-state index contributed by atoms with van der Waals surface area (Å²) in [4.78, 5) is 0. The van der Waals surface area contributed by atoms with Crippen LogP contribution in [-0.4, -0.2) is 0 Å². The van der Waals surface area contributed by atoms with Gasteiger partial charge in [-0.2, -0.15) is 0 Å². The summed E-state index contributed by atoms with van der Waals surface area (Å²) in [6.07, 6.45) is 15.5. The van der Waals surface area contributed by atoms with Crippen molar-refractivity contribution in [3.8, 4) is 0 Å². The molecule has 0 heteroatoms. The molecule has 0 spiro atoms. The molecule has 18 heavy (non-hydrogen) atoms. The number of allylic oxidation sites excluding steroid dienone is 2. The van der Waals surface area contributed by atoms with Gasteiger partial charge >= 0.3 is 0 Å². The van der Waals surface area contributed by atoms with Crippen LogP contribution in [0.3, 0.4) is 0 Å². The summed E-state index contributed by atoms with van der Waals surface area (Å²) in [7, 11) is 0. The maximum absolute atomic E-state index is 2.35. The molecule has 0 fully saturated rings. The average molecular weight is 265 g/mol. The van der Waals surface area contributed by atoms with Gasteiger partial charge in [-0.15, -0.1) is 0 Å². The van der Waals surface area contributed by atoms with Gasteiger partial charge in [0.1, 0.15) is 0 Å². The predicted molar refractivity (Wildman–Crippen MR) is 97.8 cm³/mol. The second-order valence-electron chi connectivity index (χ2n) is 3.46. The summed E-state index contributed by atoms with van der Waals surface area (Å²) < 4.78 is 0. The van der Waals surface area contributed by atoms with E-state index in [1.807, 2.05) is 0 Å². The predicted octanol–water partition coefficient (Wildman–Crippen LogP) is 8.52. The molecule has 0 radical (unpaired) electrons. The summed E-state index contributed by atoms with van der Waals surface area (Å²) >= 11 is 0. The van der Waals surface area contributed by atoms with E-state index in [1.54, 1.807) is 0 Å². The highest BCUT2D eigenvalue weighted by Gasteiger charge is 1.83. The first-order chi connectivity index (χ1) is 5.91. The summed E-state index contributed by atoms with van der Waals surface area (Å²) in [5, 5.41) is 0. The molecule has 0 aromatic rings. The Balaban J connectivity index is -0.0000000403. The fourth-order valence-electron chi connectivity index (χ4n) is 1.26. The van der Waals surface area contributed by atoms with E-state index in [-0.39, 0.29) is 44.6 Å². The molecule has 0 aliphatic rings. The molecule has 120 valence electrons. The van der Waals surface area contributed by atoms with Crippen molar-refractivity contribution in [3.63, 3.8) is 0 Å². The molecule has 0 heterocycles. The van der Waals surface area contributed by atoms with Crippen LogP contribution in [0.4, 0.5) is 0 Å². The van der Waals surface area contributed by atoms with Gasteiger partial charge in [-0.25, -0.2) is 0 Å². The van der Waals surface area contributed by atoms with Crippen LogP contribution >= 0.6 is 0 Å². The molecule has 0 aromatic heterocycles. The molecule has 0 saturated heterocycles. The molecule has 0 amide bonds. The first kappa shape index (κ1) is 43.1. The van der Waals surface area contributed by atoms with Crippen LogP contribution in [0.1, 0.15) is 110 Å². The lowest BCUT2D eigenvalue weighted by atomic mass is 10.1. The maximum Gasteiger partial charge on any atom is -0.0351 e. The van der Waals surface area contributed by atoms with Crippen LogP contribution < -0.4 is 0 Å². The smallest absolute Gasteiger partial charge is 0.0351 e. The lowest BCUT2D eigenvalue weighted by Gasteiger charge is -1.93. The second-order valence-corrected chi connectivity index (χ2v) is 3.46. The third kappa shape index (κ3) is 44.8. The fourth-order valence-corrected chi connectivity index (χ4v) is 1.26. The average Bonchev–Trinajstić information content (AvgIpc) is 2.10. The van der Waals surface area contributed by atoms with E-state index in [0.717, 1.165) is 0 Å². The summed E-state index contributed by atoms with van der Waals surface area (Å²) in [6.45, 7) is 4.51. The first-order valence-electron chi connectivity index (χ1n) is 5.56. The Labute approximate surface area is 122 Å². The Bertz CT molecular complexity index is 80.2. The maximum atomic E-state index is 2.35. The zero-order valence-electron chi connectivity index (χ0n) is 8.81. The number of unbranched alkanes of at least 4 members (excludes halogenated alkanes) is 6. The number of hydrogen-bond donors (Lipinski definition) is 0. The van der Waals surface area contributed by atoms with Crippen molar-refractivity contribution in [2.24, 2.45) is 0 Å². The van der Waals surface area contributed by atoms with Crippen LogP contribution in [0.25, 0.3) is 0 Å². The Kier molecular flexibility index (Phi) is 105. The Hall–Kier alpha value is -0.260. The van der Waals surface area contributed by atoms with E-state index in [2.05, 4.69) is 26.0 Å². The Morgan fingerprint density at radius 3 is 1.00 bits per heavy atom. The molecular weight excluding hydrogens is 216 g/mol. The van der Waals surface area contributed by atoms with Gasteiger partial charge in [-0.05, 0) is 25.7 Å². The van der Waals surface area contributed by atoms with Gasteiger partial charge in [0.15, 0.2) is 0 Å². The summed E-state index contributed by atoms with van der Waals surface area (Å²) in [6, 6.07) is 0. The van der Waals surface area contributed by atoms with Crippen LogP contribution in [0.15, 0.2) is 12.2 Å². The summed E-state index contributed by atoms with van der Waals surface area (Å²) in [5.74, 6) is 0. The highest BCUT2D eigenvalue weighted by Crippen LogP contribution is 2.03. The second kappa shape index (κ2) is 43.7. The minimum absolute atomic E-state index is 0. The van der Waals surface area contributed by atoms with E-state index in [0.29, 0.717) is 0 Å². The number of hydrogen-bond acceptors (Lipinski definition) is 0. The molecule has 0 aromatic carbocycles. The zero-order chi connectivity index (χ0) is 9.07. The van der Waals surface area contributed by atoms with E-state index in [1.165, 1.54) is 51.4 Å². The summed E-state index contributed by atoms with van der Waals surface area (Å²) in [5.41, 5.74) is 0. The molecule has 0 bridgehead atoms. The molecule has 0 saturated carbocycles. The van der Waals surface area contributed by atoms with Crippen LogP contribution in [-0.2, 0) is 0 Å².